The van der Waals surface area contributed by atoms with E-state index in [4.69, 9.17) is 9.47 Å². The predicted octanol–water partition coefficient (Wildman–Crippen LogP) is 1.86. The Balaban J connectivity index is 2.25. The third-order valence-electron chi connectivity index (χ3n) is 4.07. The second kappa shape index (κ2) is 6.58. The Morgan fingerprint density at radius 3 is 2.12 bits per heavy atom. The Kier molecular flexibility index (Phi) is 5.23. The van der Waals surface area contributed by atoms with Crippen LogP contribution in [0.15, 0.2) is 0 Å². The average Bonchev–Trinajstić information content (AvgIpc) is 2.71. The minimum absolute atomic E-state index is 0.236. The normalized spacial score (nSPS) is 27.7. The lowest BCUT2D eigenvalue weighted by atomic mass is 9.96. The van der Waals surface area contributed by atoms with Crippen molar-refractivity contribution in [3.05, 3.63) is 0 Å². The molecule has 0 bridgehead atoms. The van der Waals surface area contributed by atoms with Gasteiger partial charge in [0.15, 0.2) is 6.10 Å². The average molecular weight is 357 g/mol. The van der Waals surface area contributed by atoms with E-state index in [0.717, 1.165) is 5.75 Å². The van der Waals surface area contributed by atoms with Crippen molar-refractivity contribution in [1.29, 1.82) is 0 Å². The van der Waals surface area contributed by atoms with Crippen LogP contribution >= 0.6 is 11.8 Å². The molecule has 0 radical (unpaired) electrons. The van der Waals surface area contributed by atoms with Gasteiger partial charge >= 0.3 is 11.9 Å². The van der Waals surface area contributed by atoms with Gasteiger partial charge in [0.05, 0.1) is 16.9 Å². The molecule has 0 unspecified atom stereocenters. The van der Waals surface area contributed by atoms with Crippen molar-refractivity contribution < 1.29 is 23.9 Å². The summed E-state index contributed by atoms with van der Waals surface area (Å²) in [5.41, 5.74) is -1.41. The molecule has 0 aromatic carbocycles. The Morgan fingerprint density at radius 1 is 1.04 bits per heavy atom. The van der Waals surface area contributed by atoms with Gasteiger partial charge in [0.25, 0.3) is 5.91 Å². The van der Waals surface area contributed by atoms with Crippen LogP contribution in [0.1, 0.15) is 41.5 Å². The molecule has 2 aliphatic heterocycles. The third-order valence-corrected chi connectivity index (χ3v) is 5.12. The van der Waals surface area contributed by atoms with E-state index < -0.39 is 35.0 Å². The molecule has 2 fully saturated rings. The molecule has 7 heteroatoms. The van der Waals surface area contributed by atoms with E-state index in [9.17, 15) is 14.4 Å². The maximum absolute atomic E-state index is 12.7. The van der Waals surface area contributed by atoms with Crippen molar-refractivity contribution in [2.75, 3.05) is 18.1 Å². The zero-order valence-electron chi connectivity index (χ0n) is 15.3. The molecule has 1 amide bonds. The lowest BCUT2D eigenvalue weighted by Crippen LogP contribution is -2.46. The molecule has 2 saturated heterocycles. The molecule has 0 N–H and O–H groups in total. The first-order valence-corrected chi connectivity index (χ1v) is 9.39. The highest BCUT2D eigenvalue weighted by molar-refractivity contribution is 7.99. The van der Waals surface area contributed by atoms with E-state index in [-0.39, 0.29) is 11.9 Å². The van der Waals surface area contributed by atoms with Crippen LogP contribution in [0.25, 0.3) is 0 Å². The molecule has 3 atom stereocenters. The van der Waals surface area contributed by atoms with E-state index >= 15 is 0 Å². The molecule has 0 aromatic heterocycles. The molecular weight excluding hydrogens is 330 g/mol. The minimum Gasteiger partial charge on any atom is -0.455 e. The highest BCUT2D eigenvalue weighted by Gasteiger charge is 2.54. The Hall–Kier alpha value is -1.24. The van der Waals surface area contributed by atoms with Crippen molar-refractivity contribution in [3.8, 4) is 0 Å². The molecule has 0 saturated carbocycles. The molecule has 2 rings (SSSR count). The summed E-state index contributed by atoms with van der Waals surface area (Å²) in [5, 5.41) is 0. The third kappa shape index (κ3) is 3.87. The number of hydrogen-bond donors (Lipinski definition) is 0. The first-order valence-electron chi connectivity index (χ1n) is 8.23. The zero-order valence-corrected chi connectivity index (χ0v) is 16.1. The summed E-state index contributed by atoms with van der Waals surface area (Å²) in [6.07, 6.45) is -1.80. The quantitative estimate of drug-likeness (QED) is 0.703. The summed E-state index contributed by atoms with van der Waals surface area (Å²) < 4.78 is 11.1. The van der Waals surface area contributed by atoms with E-state index in [2.05, 4.69) is 0 Å². The number of ether oxygens (including phenoxy) is 2. The first-order chi connectivity index (χ1) is 10.9. The first kappa shape index (κ1) is 19.1. The molecular formula is C17H27NO5S. The van der Waals surface area contributed by atoms with Crippen LogP contribution in [0.2, 0.25) is 0 Å². The van der Waals surface area contributed by atoms with Gasteiger partial charge in [-0.15, -0.1) is 0 Å². The number of amides is 1. The van der Waals surface area contributed by atoms with Crippen LogP contribution in [-0.2, 0) is 23.9 Å². The minimum atomic E-state index is -1.05. The van der Waals surface area contributed by atoms with E-state index in [1.807, 2.05) is 0 Å². The zero-order chi connectivity index (χ0) is 18.3. The maximum Gasteiger partial charge on any atom is 0.312 e. The number of fused-ring (bicyclic) bond motifs is 1. The smallest absolute Gasteiger partial charge is 0.312 e. The fraction of sp³-hybridized carbons (Fsp3) is 0.824. The monoisotopic (exact) mass is 357 g/mol. The topological polar surface area (TPSA) is 72.9 Å². The number of carbonyl (C=O) groups is 3. The molecule has 0 aromatic rings. The Labute approximate surface area is 147 Å². The van der Waals surface area contributed by atoms with Crippen molar-refractivity contribution in [3.63, 3.8) is 0 Å². The van der Waals surface area contributed by atoms with E-state index in [1.165, 1.54) is 0 Å². The standard InChI is InChI=1S/C17H27NO5S/c1-16(2,3)14(20)22-11-10-9-24-8-7-18(10)13(19)12(11)23-15(21)17(4,5)6/h10-12H,7-9H2,1-6H3/t10-,11+,12+/m0/s1. The molecule has 0 aliphatic carbocycles. The van der Waals surface area contributed by atoms with Gasteiger partial charge < -0.3 is 14.4 Å². The lowest BCUT2D eigenvalue weighted by Gasteiger charge is -2.32. The predicted molar refractivity (Wildman–Crippen MR) is 91.5 cm³/mol. The molecule has 6 nitrogen and oxygen atoms in total. The van der Waals surface area contributed by atoms with Crippen LogP contribution in [0.4, 0.5) is 0 Å². The highest BCUT2D eigenvalue weighted by Crippen LogP contribution is 2.33. The van der Waals surface area contributed by atoms with Crippen molar-refractivity contribution in [1.82, 2.24) is 4.90 Å². The van der Waals surface area contributed by atoms with Crippen molar-refractivity contribution >= 4 is 29.6 Å². The Bertz CT molecular complexity index is 534. The van der Waals surface area contributed by atoms with Crippen LogP contribution < -0.4 is 0 Å². The van der Waals surface area contributed by atoms with Crippen LogP contribution in [-0.4, -0.2) is 59.0 Å². The van der Waals surface area contributed by atoms with Crippen molar-refractivity contribution in [2.24, 2.45) is 10.8 Å². The van der Waals surface area contributed by atoms with Gasteiger partial charge in [-0.05, 0) is 41.5 Å². The number of carbonyl (C=O) groups excluding carboxylic acids is 3. The number of hydrogen-bond acceptors (Lipinski definition) is 6. The number of nitrogens with zero attached hydrogens (tertiary/aromatic N) is 1. The Morgan fingerprint density at radius 2 is 1.58 bits per heavy atom. The summed E-state index contributed by atoms with van der Waals surface area (Å²) in [6.45, 7) is 11.1. The van der Waals surface area contributed by atoms with Gasteiger partial charge in [0.2, 0.25) is 6.10 Å². The molecule has 2 heterocycles. The maximum atomic E-state index is 12.7. The summed E-state index contributed by atoms with van der Waals surface area (Å²) in [6, 6.07) is -0.236. The van der Waals surface area contributed by atoms with Crippen LogP contribution in [0, 0.1) is 10.8 Å². The van der Waals surface area contributed by atoms with Crippen LogP contribution in [0.5, 0.6) is 0 Å². The van der Waals surface area contributed by atoms with Gasteiger partial charge in [-0.25, -0.2) is 0 Å². The second-order valence-corrected chi connectivity index (χ2v) is 9.52. The SMILES string of the molecule is CC(C)(C)C(=O)O[C@H]1[C@@H](OC(=O)C(C)(C)C)C(=O)N2CCSC[C@@H]12. The summed E-state index contributed by atoms with van der Waals surface area (Å²) in [7, 11) is 0. The fourth-order valence-corrected chi connectivity index (χ4v) is 3.63. The second-order valence-electron chi connectivity index (χ2n) is 8.37. The largest absolute Gasteiger partial charge is 0.455 e. The lowest BCUT2D eigenvalue weighted by molar-refractivity contribution is -0.177. The molecule has 136 valence electrons. The van der Waals surface area contributed by atoms with Gasteiger partial charge in [-0.2, -0.15) is 11.8 Å². The highest BCUT2D eigenvalue weighted by atomic mass is 32.2. The molecule has 24 heavy (non-hydrogen) atoms. The van der Waals surface area contributed by atoms with E-state index in [0.29, 0.717) is 12.3 Å². The van der Waals surface area contributed by atoms with Gasteiger partial charge in [-0.1, -0.05) is 0 Å². The van der Waals surface area contributed by atoms with Crippen molar-refractivity contribution in [2.45, 2.75) is 59.8 Å². The molecule has 2 aliphatic rings. The number of rotatable bonds is 2. The summed E-state index contributed by atoms with van der Waals surface area (Å²) in [5.74, 6) is 0.392. The van der Waals surface area contributed by atoms with E-state index in [1.54, 1.807) is 58.2 Å². The molecule has 0 spiro atoms. The summed E-state index contributed by atoms with van der Waals surface area (Å²) in [4.78, 5) is 39.0. The number of esters is 2. The van der Waals surface area contributed by atoms with Gasteiger partial charge in [-0.3, -0.25) is 14.4 Å². The summed E-state index contributed by atoms with van der Waals surface area (Å²) >= 11 is 1.71. The fourth-order valence-electron chi connectivity index (χ4n) is 2.52. The van der Waals surface area contributed by atoms with Gasteiger partial charge in [0.1, 0.15) is 0 Å². The van der Waals surface area contributed by atoms with Gasteiger partial charge in [0, 0.05) is 18.1 Å². The number of thioether (sulfide) groups is 1. The van der Waals surface area contributed by atoms with Crippen LogP contribution in [0.3, 0.4) is 0 Å².